The van der Waals surface area contributed by atoms with Crippen molar-refractivity contribution in [3.63, 3.8) is 0 Å². The van der Waals surface area contributed by atoms with Crippen LogP contribution >= 0.6 is 12.2 Å². The molecule has 90 valence electrons. The van der Waals surface area contributed by atoms with Crippen LogP contribution in [0, 0.1) is 0 Å². The van der Waals surface area contributed by atoms with Crippen molar-refractivity contribution >= 4 is 28.7 Å². The van der Waals surface area contributed by atoms with Gasteiger partial charge in [0.05, 0.1) is 5.69 Å². The number of hydrogen-bond acceptors (Lipinski definition) is 4. The summed E-state index contributed by atoms with van der Waals surface area (Å²) in [6.45, 7) is 0. The van der Waals surface area contributed by atoms with Crippen molar-refractivity contribution < 1.29 is 0 Å². The molecule has 0 aliphatic carbocycles. The van der Waals surface area contributed by atoms with Crippen LogP contribution in [0.4, 0.5) is 11.5 Å². The first kappa shape index (κ1) is 11.0. The van der Waals surface area contributed by atoms with Gasteiger partial charge in [0.15, 0.2) is 5.82 Å². The molecule has 0 saturated carbocycles. The second-order valence-electron chi connectivity index (χ2n) is 4.11. The van der Waals surface area contributed by atoms with Crippen LogP contribution in [-0.4, -0.2) is 9.97 Å². The number of anilines is 2. The first-order valence-corrected chi connectivity index (χ1v) is 6.03. The third kappa shape index (κ3) is 1.89. The number of fused-ring (bicyclic) bond motifs is 1. The molecule has 1 unspecified atom stereocenters. The number of benzene rings is 1. The summed E-state index contributed by atoms with van der Waals surface area (Å²) in [4.78, 5) is 4.68. The van der Waals surface area contributed by atoms with Gasteiger partial charge in [-0.25, -0.2) is 4.98 Å². The number of aromatic nitrogens is 1. The molecule has 1 aromatic carbocycles. The van der Waals surface area contributed by atoms with Gasteiger partial charge in [-0.1, -0.05) is 36.5 Å². The summed E-state index contributed by atoms with van der Waals surface area (Å²) in [6.07, 6.45) is 1.81. The van der Waals surface area contributed by atoms with E-state index in [0.717, 1.165) is 22.6 Å². The summed E-state index contributed by atoms with van der Waals surface area (Å²) in [5, 5.41) is 6.67. The Kier molecular flexibility index (Phi) is 2.60. The molecule has 0 spiro atoms. The average Bonchev–Trinajstić information content (AvgIpc) is 2.82. The van der Waals surface area contributed by atoms with E-state index in [1.54, 1.807) is 6.20 Å². The van der Waals surface area contributed by atoms with Gasteiger partial charge in [0.2, 0.25) is 0 Å². The predicted octanol–water partition coefficient (Wildman–Crippen LogP) is 2.25. The largest absolute Gasteiger partial charge is 0.389 e. The van der Waals surface area contributed by atoms with Gasteiger partial charge in [-0.2, -0.15) is 0 Å². The van der Waals surface area contributed by atoms with Crippen LogP contribution in [0.5, 0.6) is 0 Å². The van der Waals surface area contributed by atoms with E-state index in [1.165, 1.54) is 0 Å². The Labute approximate surface area is 110 Å². The molecule has 0 bridgehead atoms. The molecule has 1 atom stereocenters. The average molecular weight is 256 g/mol. The van der Waals surface area contributed by atoms with Crippen molar-refractivity contribution in [3.8, 4) is 0 Å². The van der Waals surface area contributed by atoms with Crippen molar-refractivity contribution in [2.24, 2.45) is 5.73 Å². The van der Waals surface area contributed by atoms with E-state index in [9.17, 15) is 0 Å². The van der Waals surface area contributed by atoms with E-state index in [4.69, 9.17) is 18.0 Å². The van der Waals surface area contributed by atoms with Gasteiger partial charge in [-0.3, -0.25) is 0 Å². The van der Waals surface area contributed by atoms with Gasteiger partial charge in [-0.15, -0.1) is 0 Å². The van der Waals surface area contributed by atoms with Crippen LogP contribution in [0.15, 0.2) is 42.6 Å². The van der Waals surface area contributed by atoms with Gasteiger partial charge in [-0.05, 0) is 17.7 Å². The maximum atomic E-state index is 5.58. The molecule has 5 heteroatoms. The second kappa shape index (κ2) is 4.27. The molecular formula is C13H12N4S. The molecule has 0 saturated heterocycles. The summed E-state index contributed by atoms with van der Waals surface area (Å²) in [7, 11) is 0. The van der Waals surface area contributed by atoms with Crippen molar-refractivity contribution in [3.05, 3.63) is 53.7 Å². The summed E-state index contributed by atoms with van der Waals surface area (Å²) < 4.78 is 0. The van der Waals surface area contributed by atoms with E-state index in [2.05, 4.69) is 15.6 Å². The standard InChI is InChI=1S/C13H12N4S/c14-11(18)8-3-5-9(6-4-8)12-16-10-2-1-7-15-13(10)17-12/h1-7,12,16H,(H2,14,18)(H,15,17). The summed E-state index contributed by atoms with van der Waals surface area (Å²) in [5.74, 6) is 0.876. The number of thiocarbonyl (C=S) groups is 1. The fourth-order valence-corrected chi connectivity index (χ4v) is 2.11. The molecule has 0 amide bonds. The monoisotopic (exact) mass is 256 g/mol. The summed E-state index contributed by atoms with van der Waals surface area (Å²) >= 11 is 4.93. The second-order valence-corrected chi connectivity index (χ2v) is 4.55. The molecule has 2 heterocycles. The third-order valence-electron chi connectivity index (χ3n) is 2.92. The highest BCUT2D eigenvalue weighted by Crippen LogP contribution is 2.32. The summed E-state index contributed by atoms with van der Waals surface area (Å²) in [5.41, 5.74) is 8.59. The first-order chi connectivity index (χ1) is 8.74. The van der Waals surface area contributed by atoms with Crippen LogP contribution in [0.3, 0.4) is 0 Å². The molecule has 3 rings (SSSR count). The van der Waals surface area contributed by atoms with Gasteiger partial charge in [0.25, 0.3) is 0 Å². The maximum absolute atomic E-state index is 5.58. The topological polar surface area (TPSA) is 63.0 Å². The maximum Gasteiger partial charge on any atom is 0.151 e. The molecular weight excluding hydrogens is 244 g/mol. The van der Waals surface area contributed by atoms with Gasteiger partial charge in [0.1, 0.15) is 11.2 Å². The minimum Gasteiger partial charge on any atom is -0.389 e. The zero-order valence-electron chi connectivity index (χ0n) is 9.55. The zero-order valence-corrected chi connectivity index (χ0v) is 10.4. The van der Waals surface area contributed by atoms with E-state index in [-0.39, 0.29) is 6.17 Å². The lowest BCUT2D eigenvalue weighted by Crippen LogP contribution is -2.13. The smallest absolute Gasteiger partial charge is 0.151 e. The van der Waals surface area contributed by atoms with E-state index in [0.29, 0.717) is 4.99 Å². The molecule has 1 aliphatic rings. The molecule has 0 radical (unpaired) electrons. The number of pyridine rings is 1. The lowest BCUT2D eigenvalue weighted by atomic mass is 10.1. The van der Waals surface area contributed by atoms with Crippen molar-refractivity contribution in [1.29, 1.82) is 0 Å². The highest BCUT2D eigenvalue weighted by Gasteiger charge is 2.21. The van der Waals surface area contributed by atoms with E-state index in [1.807, 2.05) is 36.4 Å². The van der Waals surface area contributed by atoms with Gasteiger partial charge < -0.3 is 16.4 Å². The Morgan fingerprint density at radius 2 is 1.94 bits per heavy atom. The lowest BCUT2D eigenvalue weighted by molar-refractivity contribution is 0.936. The summed E-state index contributed by atoms with van der Waals surface area (Å²) in [6, 6.07) is 11.8. The van der Waals surface area contributed by atoms with Crippen LogP contribution in [0.1, 0.15) is 17.3 Å². The predicted molar refractivity (Wildman–Crippen MR) is 76.6 cm³/mol. The fourth-order valence-electron chi connectivity index (χ4n) is 1.97. The third-order valence-corrected chi connectivity index (χ3v) is 3.15. The molecule has 4 nitrogen and oxygen atoms in total. The minimum atomic E-state index is 0.0373. The number of nitrogens with zero attached hydrogens (tertiary/aromatic N) is 1. The van der Waals surface area contributed by atoms with Crippen molar-refractivity contribution in [1.82, 2.24) is 4.98 Å². The number of rotatable bonds is 2. The van der Waals surface area contributed by atoms with Gasteiger partial charge in [0, 0.05) is 11.8 Å². The Morgan fingerprint density at radius 3 is 2.61 bits per heavy atom. The molecule has 18 heavy (non-hydrogen) atoms. The lowest BCUT2D eigenvalue weighted by Gasteiger charge is -2.12. The quantitative estimate of drug-likeness (QED) is 0.719. The van der Waals surface area contributed by atoms with Crippen LogP contribution < -0.4 is 16.4 Å². The highest BCUT2D eigenvalue weighted by atomic mass is 32.1. The highest BCUT2D eigenvalue weighted by molar-refractivity contribution is 7.80. The molecule has 0 fully saturated rings. The van der Waals surface area contributed by atoms with Crippen LogP contribution in [0.2, 0.25) is 0 Å². The van der Waals surface area contributed by atoms with Crippen LogP contribution in [-0.2, 0) is 0 Å². The number of hydrogen-bond donors (Lipinski definition) is 3. The Hall–Kier alpha value is -2.14. The van der Waals surface area contributed by atoms with E-state index < -0.39 is 0 Å². The first-order valence-electron chi connectivity index (χ1n) is 5.62. The van der Waals surface area contributed by atoms with Crippen molar-refractivity contribution in [2.45, 2.75) is 6.17 Å². The molecule has 1 aliphatic heterocycles. The Morgan fingerprint density at radius 1 is 1.17 bits per heavy atom. The zero-order chi connectivity index (χ0) is 12.5. The normalized spacial score (nSPS) is 16.6. The Bertz CT molecular complexity index is 569. The molecule has 1 aromatic heterocycles. The number of nitrogens with one attached hydrogen (secondary N) is 2. The number of nitrogens with two attached hydrogens (primary N) is 1. The molecule has 2 aromatic rings. The minimum absolute atomic E-state index is 0.0373. The van der Waals surface area contributed by atoms with E-state index >= 15 is 0 Å². The Balaban J connectivity index is 1.84. The SMILES string of the molecule is NC(=S)c1ccc(C2Nc3cccnc3N2)cc1. The van der Waals surface area contributed by atoms with Crippen LogP contribution in [0.25, 0.3) is 0 Å². The van der Waals surface area contributed by atoms with Gasteiger partial charge >= 0.3 is 0 Å². The van der Waals surface area contributed by atoms with Crippen molar-refractivity contribution in [2.75, 3.05) is 10.6 Å². The molecule has 4 N–H and O–H groups in total. The fraction of sp³-hybridized carbons (Fsp3) is 0.0769.